The standard InChI is InChI=1S/C21H22N2O2S/c1-3-25-18-7-5-4-6-15(18)9-11-20(24)23-21-17(13-22)16-10-8-14(2)12-19(16)26-21/h4-7,9,11,14H,3,8,10,12H2,1-2H3,(H,23,24). The minimum absolute atomic E-state index is 0.237. The molecule has 2 aromatic rings. The molecule has 0 saturated carbocycles. The van der Waals surface area contributed by atoms with Gasteiger partial charge in [-0.05, 0) is 49.8 Å². The number of benzene rings is 1. The summed E-state index contributed by atoms with van der Waals surface area (Å²) in [4.78, 5) is 13.6. The summed E-state index contributed by atoms with van der Waals surface area (Å²) >= 11 is 1.54. The average molecular weight is 366 g/mol. The molecule has 0 fully saturated rings. The Labute approximate surface area is 158 Å². The molecule has 1 atom stereocenters. The topological polar surface area (TPSA) is 62.1 Å². The molecule has 0 saturated heterocycles. The van der Waals surface area contributed by atoms with Crippen LogP contribution in [0, 0.1) is 17.2 Å². The van der Waals surface area contributed by atoms with Gasteiger partial charge in [0.15, 0.2) is 0 Å². The molecule has 0 spiro atoms. The smallest absolute Gasteiger partial charge is 0.249 e. The van der Waals surface area contributed by atoms with E-state index in [9.17, 15) is 10.1 Å². The number of nitrogens with zero attached hydrogens (tertiary/aromatic N) is 1. The van der Waals surface area contributed by atoms with Gasteiger partial charge in [0, 0.05) is 16.5 Å². The minimum atomic E-state index is -0.237. The molecule has 1 heterocycles. The number of hydrogen-bond donors (Lipinski definition) is 1. The first-order chi connectivity index (χ1) is 12.6. The lowest BCUT2D eigenvalue weighted by molar-refractivity contribution is -0.111. The predicted molar refractivity (Wildman–Crippen MR) is 105 cm³/mol. The lowest BCUT2D eigenvalue weighted by atomic mass is 9.89. The van der Waals surface area contributed by atoms with E-state index in [1.54, 1.807) is 6.08 Å². The Morgan fingerprint density at radius 2 is 2.27 bits per heavy atom. The molecule has 1 aromatic heterocycles. The third-order valence-electron chi connectivity index (χ3n) is 4.49. The van der Waals surface area contributed by atoms with Crippen LogP contribution in [0.5, 0.6) is 5.75 Å². The molecule has 1 amide bonds. The Hall–Kier alpha value is -2.58. The molecule has 0 aliphatic heterocycles. The quantitative estimate of drug-likeness (QED) is 0.774. The number of ether oxygens (including phenoxy) is 1. The SMILES string of the molecule is CCOc1ccccc1C=CC(=O)Nc1sc2c(c1C#N)CCC(C)C2. The molecule has 0 radical (unpaired) electrons. The van der Waals surface area contributed by atoms with Crippen molar-refractivity contribution in [1.29, 1.82) is 5.26 Å². The van der Waals surface area contributed by atoms with Gasteiger partial charge in [-0.25, -0.2) is 0 Å². The highest BCUT2D eigenvalue weighted by Crippen LogP contribution is 2.39. The molecule has 3 rings (SSSR count). The molecule has 1 aromatic carbocycles. The van der Waals surface area contributed by atoms with Crippen LogP contribution in [0.15, 0.2) is 30.3 Å². The van der Waals surface area contributed by atoms with Crippen molar-refractivity contribution < 1.29 is 9.53 Å². The third-order valence-corrected chi connectivity index (χ3v) is 5.66. The van der Waals surface area contributed by atoms with Gasteiger partial charge in [-0.2, -0.15) is 5.26 Å². The van der Waals surface area contributed by atoms with Gasteiger partial charge in [0.1, 0.15) is 16.8 Å². The number of thiophene rings is 1. The highest BCUT2D eigenvalue weighted by atomic mass is 32.1. The van der Waals surface area contributed by atoms with Crippen molar-refractivity contribution in [3.05, 3.63) is 51.9 Å². The number of anilines is 1. The van der Waals surface area contributed by atoms with E-state index in [4.69, 9.17) is 4.74 Å². The average Bonchev–Trinajstić information content (AvgIpc) is 2.97. The summed E-state index contributed by atoms with van der Waals surface area (Å²) in [6.07, 6.45) is 6.23. The van der Waals surface area contributed by atoms with Gasteiger partial charge in [0.05, 0.1) is 12.2 Å². The molecule has 1 N–H and O–H groups in total. The zero-order chi connectivity index (χ0) is 18.5. The van der Waals surface area contributed by atoms with Crippen LogP contribution >= 0.6 is 11.3 Å². The van der Waals surface area contributed by atoms with E-state index in [1.807, 2.05) is 31.2 Å². The highest BCUT2D eigenvalue weighted by Gasteiger charge is 2.24. The van der Waals surface area contributed by atoms with E-state index < -0.39 is 0 Å². The Kier molecular flexibility index (Phi) is 5.75. The summed E-state index contributed by atoms with van der Waals surface area (Å²) < 4.78 is 5.57. The fraction of sp³-hybridized carbons (Fsp3) is 0.333. The van der Waals surface area contributed by atoms with Gasteiger partial charge >= 0.3 is 0 Å². The predicted octanol–water partition coefficient (Wildman–Crippen LogP) is 4.80. The fourth-order valence-corrected chi connectivity index (χ4v) is 4.55. The van der Waals surface area contributed by atoms with Crippen LogP contribution in [0.3, 0.4) is 0 Å². The number of hydrogen-bond acceptors (Lipinski definition) is 4. The van der Waals surface area contributed by atoms with Gasteiger partial charge in [-0.15, -0.1) is 11.3 Å². The zero-order valence-electron chi connectivity index (χ0n) is 15.0. The van der Waals surface area contributed by atoms with Gasteiger partial charge in [0.25, 0.3) is 0 Å². The van der Waals surface area contributed by atoms with Crippen LogP contribution in [-0.2, 0) is 17.6 Å². The maximum absolute atomic E-state index is 12.4. The van der Waals surface area contributed by atoms with Crippen molar-refractivity contribution in [1.82, 2.24) is 0 Å². The van der Waals surface area contributed by atoms with Crippen LogP contribution in [0.2, 0.25) is 0 Å². The van der Waals surface area contributed by atoms with Gasteiger partial charge in [-0.3, -0.25) is 4.79 Å². The number of carbonyl (C=O) groups is 1. The number of nitriles is 1. The van der Waals surface area contributed by atoms with E-state index in [0.29, 0.717) is 23.1 Å². The largest absolute Gasteiger partial charge is 0.493 e. The zero-order valence-corrected chi connectivity index (χ0v) is 15.9. The molecule has 1 unspecified atom stereocenters. The Balaban J connectivity index is 1.76. The van der Waals surface area contributed by atoms with Crippen LogP contribution in [0.4, 0.5) is 5.00 Å². The number of para-hydroxylation sites is 1. The number of amides is 1. The second-order valence-corrected chi connectivity index (χ2v) is 7.57. The molecule has 0 bridgehead atoms. The second-order valence-electron chi connectivity index (χ2n) is 6.46. The van der Waals surface area contributed by atoms with E-state index in [-0.39, 0.29) is 5.91 Å². The lowest BCUT2D eigenvalue weighted by Gasteiger charge is -2.17. The summed E-state index contributed by atoms with van der Waals surface area (Å²) in [7, 11) is 0. The van der Waals surface area contributed by atoms with Crippen LogP contribution < -0.4 is 10.1 Å². The van der Waals surface area contributed by atoms with E-state index >= 15 is 0 Å². The first-order valence-electron chi connectivity index (χ1n) is 8.87. The number of nitrogens with one attached hydrogen (secondary N) is 1. The van der Waals surface area contributed by atoms with E-state index in [2.05, 4.69) is 18.3 Å². The first-order valence-corrected chi connectivity index (χ1v) is 9.69. The molecular formula is C21H22N2O2S. The minimum Gasteiger partial charge on any atom is -0.493 e. The Morgan fingerprint density at radius 3 is 3.04 bits per heavy atom. The van der Waals surface area contributed by atoms with E-state index in [0.717, 1.165) is 36.1 Å². The Morgan fingerprint density at radius 1 is 1.46 bits per heavy atom. The monoisotopic (exact) mass is 366 g/mol. The maximum Gasteiger partial charge on any atom is 0.249 e. The number of carbonyl (C=O) groups excluding carboxylic acids is 1. The summed E-state index contributed by atoms with van der Waals surface area (Å²) in [5, 5.41) is 13.1. The molecule has 5 heteroatoms. The summed E-state index contributed by atoms with van der Waals surface area (Å²) in [5.41, 5.74) is 2.61. The van der Waals surface area contributed by atoms with Gasteiger partial charge in [-0.1, -0.05) is 25.1 Å². The molecular weight excluding hydrogens is 344 g/mol. The fourth-order valence-electron chi connectivity index (χ4n) is 3.18. The van der Waals surface area contributed by atoms with Crippen LogP contribution in [0.1, 0.15) is 41.8 Å². The molecule has 4 nitrogen and oxygen atoms in total. The van der Waals surface area contributed by atoms with Crippen molar-refractivity contribution in [2.75, 3.05) is 11.9 Å². The summed E-state index contributed by atoms with van der Waals surface area (Å²) in [6.45, 7) is 4.73. The van der Waals surface area contributed by atoms with Crippen molar-refractivity contribution in [3.8, 4) is 11.8 Å². The van der Waals surface area contributed by atoms with Crippen LogP contribution in [0.25, 0.3) is 6.08 Å². The summed E-state index contributed by atoms with van der Waals surface area (Å²) in [6, 6.07) is 9.86. The van der Waals surface area contributed by atoms with E-state index in [1.165, 1.54) is 22.3 Å². The molecule has 134 valence electrons. The van der Waals surface area contributed by atoms with Gasteiger partial charge < -0.3 is 10.1 Å². The Bertz CT molecular complexity index is 877. The summed E-state index contributed by atoms with van der Waals surface area (Å²) in [5.74, 6) is 1.14. The lowest BCUT2D eigenvalue weighted by Crippen LogP contribution is -2.10. The molecule has 26 heavy (non-hydrogen) atoms. The van der Waals surface area contributed by atoms with Crippen LogP contribution in [-0.4, -0.2) is 12.5 Å². The van der Waals surface area contributed by atoms with Crippen molar-refractivity contribution >= 4 is 28.3 Å². The second kappa shape index (κ2) is 8.20. The van der Waals surface area contributed by atoms with Crippen molar-refractivity contribution in [2.45, 2.75) is 33.1 Å². The molecule has 1 aliphatic rings. The van der Waals surface area contributed by atoms with Gasteiger partial charge in [0.2, 0.25) is 5.91 Å². The maximum atomic E-state index is 12.4. The normalized spacial score (nSPS) is 16.1. The third kappa shape index (κ3) is 3.97. The highest BCUT2D eigenvalue weighted by molar-refractivity contribution is 7.16. The van der Waals surface area contributed by atoms with Crippen molar-refractivity contribution in [3.63, 3.8) is 0 Å². The molecule has 1 aliphatic carbocycles. The van der Waals surface area contributed by atoms with Crippen molar-refractivity contribution in [2.24, 2.45) is 5.92 Å². The first kappa shape index (κ1) is 18.2. The number of fused-ring (bicyclic) bond motifs is 1. The number of rotatable bonds is 5.